The lowest BCUT2D eigenvalue weighted by atomic mass is 9.90. The van der Waals surface area contributed by atoms with Crippen molar-refractivity contribution in [1.29, 1.82) is 0 Å². The molecular weight excluding hydrogens is 308 g/mol. The zero-order valence-electron chi connectivity index (χ0n) is 13.5. The minimum absolute atomic E-state index is 0. The highest BCUT2D eigenvalue weighted by molar-refractivity contribution is 5.87. The van der Waals surface area contributed by atoms with Gasteiger partial charge in [-0.1, -0.05) is 42.5 Å². The van der Waals surface area contributed by atoms with Crippen molar-refractivity contribution in [3.8, 4) is 0 Å². The van der Waals surface area contributed by atoms with E-state index in [1.807, 2.05) is 19.1 Å². The van der Waals surface area contributed by atoms with Crippen molar-refractivity contribution in [2.24, 2.45) is 5.73 Å². The van der Waals surface area contributed by atoms with Crippen molar-refractivity contribution >= 4 is 29.1 Å². The highest BCUT2D eigenvalue weighted by atomic mass is 35.5. The Hall–Kier alpha value is -1.58. The molecule has 1 unspecified atom stereocenters. The largest absolute Gasteiger partial charge is 0.353 e. The van der Waals surface area contributed by atoms with E-state index in [2.05, 4.69) is 35.6 Å². The number of halogens is 1. The van der Waals surface area contributed by atoms with Gasteiger partial charge in [-0.2, -0.15) is 0 Å². The first-order valence-electron chi connectivity index (χ1n) is 8.18. The van der Waals surface area contributed by atoms with Crippen LogP contribution in [0.3, 0.4) is 0 Å². The van der Waals surface area contributed by atoms with E-state index in [0.717, 1.165) is 31.2 Å². The number of amides is 1. The second-order valence-corrected chi connectivity index (χ2v) is 6.45. The molecule has 0 aliphatic heterocycles. The van der Waals surface area contributed by atoms with Gasteiger partial charge in [0.05, 0.1) is 5.92 Å². The predicted octanol–water partition coefficient (Wildman–Crippen LogP) is 3.75. The molecule has 1 aliphatic rings. The lowest BCUT2D eigenvalue weighted by Crippen LogP contribution is -2.42. The maximum Gasteiger partial charge on any atom is 0.227 e. The molecule has 0 saturated heterocycles. The van der Waals surface area contributed by atoms with Gasteiger partial charge in [0.2, 0.25) is 5.91 Å². The summed E-state index contributed by atoms with van der Waals surface area (Å²) in [5, 5.41) is 5.58. The third kappa shape index (κ3) is 4.24. The molecule has 3 nitrogen and oxygen atoms in total. The molecular formula is C19H25ClN2O. The van der Waals surface area contributed by atoms with Crippen molar-refractivity contribution in [3.63, 3.8) is 0 Å². The number of carbonyl (C=O) groups excluding carboxylic acids is 1. The Morgan fingerprint density at radius 1 is 1.09 bits per heavy atom. The summed E-state index contributed by atoms with van der Waals surface area (Å²) in [7, 11) is 0. The van der Waals surface area contributed by atoms with E-state index in [4.69, 9.17) is 5.73 Å². The summed E-state index contributed by atoms with van der Waals surface area (Å²) in [5.74, 6) is -0.00374. The molecule has 0 heterocycles. The van der Waals surface area contributed by atoms with Gasteiger partial charge in [-0.05, 0) is 48.9 Å². The molecule has 1 saturated carbocycles. The van der Waals surface area contributed by atoms with Gasteiger partial charge < -0.3 is 11.1 Å². The van der Waals surface area contributed by atoms with Gasteiger partial charge in [-0.3, -0.25) is 4.79 Å². The van der Waals surface area contributed by atoms with E-state index in [-0.39, 0.29) is 30.3 Å². The minimum atomic E-state index is -0.125. The molecule has 3 N–H and O–H groups in total. The third-order valence-electron chi connectivity index (χ3n) is 4.79. The van der Waals surface area contributed by atoms with Crippen LogP contribution in [0.1, 0.15) is 44.1 Å². The van der Waals surface area contributed by atoms with Crippen LogP contribution in [-0.4, -0.2) is 18.0 Å². The lowest BCUT2D eigenvalue weighted by molar-refractivity contribution is -0.123. The average Bonchev–Trinajstić information content (AvgIpc) is 2.55. The van der Waals surface area contributed by atoms with Crippen LogP contribution in [0.4, 0.5) is 0 Å². The molecule has 4 heteroatoms. The molecule has 0 spiro atoms. The van der Waals surface area contributed by atoms with E-state index in [1.165, 1.54) is 10.8 Å². The van der Waals surface area contributed by atoms with Crippen LogP contribution in [0.5, 0.6) is 0 Å². The molecule has 2 aromatic carbocycles. The Bertz CT molecular complexity index is 665. The van der Waals surface area contributed by atoms with Crippen LogP contribution in [-0.2, 0) is 4.79 Å². The highest BCUT2D eigenvalue weighted by Crippen LogP contribution is 2.23. The first-order valence-corrected chi connectivity index (χ1v) is 8.18. The van der Waals surface area contributed by atoms with Crippen molar-refractivity contribution in [3.05, 3.63) is 48.0 Å². The van der Waals surface area contributed by atoms with Gasteiger partial charge in [0.1, 0.15) is 0 Å². The first kappa shape index (κ1) is 17.8. The maximum atomic E-state index is 12.5. The monoisotopic (exact) mass is 332 g/mol. The number of hydrogen-bond acceptors (Lipinski definition) is 2. The van der Waals surface area contributed by atoms with Crippen LogP contribution in [0.15, 0.2) is 42.5 Å². The topological polar surface area (TPSA) is 55.1 Å². The molecule has 0 aromatic heterocycles. The molecule has 23 heavy (non-hydrogen) atoms. The molecule has 2 aromatic rings. The molecule has 1 atom stereocenters. The Kier molecular flexibility index (Phi) is 6.03. The van der Waals surface area contributed by atoms with Gasteiger partial charge in [0, 0.05) is 12.1 Å². The summed E-state index contributed by atoms with van der Waals surface area (Å²) in [5.41, 5.74) is 6.99. The minimum Gasteiger partial charge on any atom is -0.353 e. The van der Waals surface area contributed by atoms with Crippen molar-refractivity contribution < 1.29 is 4.79 Å². The molecule has 1 fully saturated rings. The summed E-state index contributed by atoms with van der Waals surface area (Å²) in [6.07, 6.45) is 4.01. The van der Waals surface area contributed by atoms with Gasteiger partial charge in [-0.25, -0.2) is 0 Å². The Morgan fingerprint density at radius 2 is 1.74 bits per heavy atom. The quantitative estimate of drug-likeness (QED) is 0.899. The van der Waals surface area contributed by atoms with E-state index in [0.29, 0.717) is 6.04 Å². The zero-order chi connectivity index (χ0) is 15.5. The smallest absolute Gasteiger partial charge is 0.227 e. The number of fused-ring (bicyclic) bond motifs is 1. The zero-order valence-corrected chi connectivity index (χ0v) is 14.3. The van der Waals surface area contributed by atoms with Gasteiger partial charge in [-0.15, -0.1) is 12.4 Å². The molecule has 1 amide bonds. The number of nitrogens with two attached hydrogens (primary N) is 1. The Morgan fingerprint density at radius 3 is 2.43 bits per heavy atom. The summed E-state index contributed by atoms with van der Waals surface area (Å²) in [4.78, 5) is 12.5. The van der Waals surface area contributed by atoms with Crippen LogP contribution < -0.4 is 11.1 Å². The fraction of sp³-hybridized carbons (Fsp3) is 0.421. The van der Waals surface area contributed by atoms with Crippen LogP contribution in [0.25, 0.3) is 10.8 Å². The van der Waals surface area contributed by atoms with Gasteiger partial charge in [0.15, 0.2) is 0 Å². The maximum absolute atomic E-state index is 12.5. The number of rotatable bonds is 3. The second kappa shape index (κ2) is 7.80. The summed E-state index contributed by atoms with van der Waals surface area (Å²) in [6.45, 7) is 1.98. The fourth-order valence-corrected chi connectivity index (χ4v) is 3.22. The van der Waals surface area contributed by atoms with E-state index >= 15 is 0 Å². The molecule has 124 valence electrons. The summed E-state index contributed by atoms with van der Waals surface area (Å²) in [6, 6.07) is 15.1. The second-order valence-electron chi connectivity index (χ2n) is 6.45. The van der Waals surface area contributed by atoms with Gasteiger partial charge in [0.25, 0.3) is 0 Å². The molecule has 1 aliphatic carbocycles. The number of carbonyl (C=O) groups is 1. The van der Waals surface area contributed by atoms with Crippen molar-refractivity contribution in [2.75, 3.05) is 0 Å². The first-order chi connectivity index (χ1) is 10.6. The SMILES string of the molecule is CC(C(=O)NC1CCC(N)CC1)c1ccc2ccccc2c1.Cl. The lowest BCUT2D eigenvalue weighted by Gasteiger charge is -2.28. The fourth-order valence-electron chi connectivity index (χ4n) is 3.22. The number of benzene rings is 2. The molecule has 0 bridgehead atoms. The summed E-state index contributed by atoms with van der Waals surface area (Å²) >= 11 is 0. The van der Waals surface area contributed by atoms with Gasteiger partial charge >= 0.3 is 0 Å². The standard InChI is InChI=1S/C19H24N2O.ClH/c1-13(19(22)21-18-10-8-17(20)9-11-18)15-7-6-14-4-2-3-5-16(14)12-15;/h2-7,12-13,17-18H,8-11,20H2,1H3,(H,21,22);1H. The van der Waals surface area contributed by atoms with E-state index in [1.54, 1.807) is 0 Å². The number of nitrogens with one attached hydrogen (secondary N) is 1. The predicted molar refractivity (Wildman–Crippen MR) is 98.0 cm³/mol. The molecule has 3 rings (SSSR count). The van der Waals surface area contributed by atoms with E-state index < -0.39 is 0 Å². The molecule has 0 radical (unpaired) electrons. The normalized spacial score (nSPS) is 22.2. The van der Waals surface area contributed by atoms with E-state index in [9.17, 15) is 4.79 Å². The highest BCUT2D eigenvalue weighted by Gasteiger charge is 2.23. The van der Waals surface area contributed by atoms with Crippen molar-refractivity contribution in [1.82, 2.24) is 5.32 Å². The number of hydrogen-bond donors (Lipinski definition) is 2. The van der Waals surface area contributed by atoms with Crippen LogP contribution in [0.2, 0.25) is 0 Å². The Balaban J connectivity index is 0.00000192. The van der Waals surface area contributed by atoms with Crippen LogP contribution >= 0.6 is 12.4 Å². The Labute approximate surface area is 144 Å². The average molecular weight is 333 g/mol. The summed E-state index contributed by atoms with van der Waals surface area (Å²) < 4.78 is 0. The van der Waals surface area contributed by atoms with Crippen molar-refractivity contribution in [2.45, 2.75) is 50.6 Å². The van der Waals surface area contributed by atoms with Crippen LogP contribution in [0, 0.1) is 0 Å². The third-order valence-corrected chi connectivity index (χ3v) is 4.79.